The third-order valence-electron chi connectivity index (χ3n) is 2.20. The van der Waals surface area contributed by atoms with E-state index < -0.39 is 31.0 Å². The molecule has 0 unspecified atom stereocenters. The molecule has 0 aromatic carbocycles. The minimum atomic E-state index is -2.70. The van der Waals surface area contributed by atoms with Crippen molar-refractivity contribution in [2.45, 2.75) is 6.43 Å². The standard InChI is InChI=1S/C10H13F2N3O3/c1-14-9(17)3-2-7(13-14)10(18)15(4-5-16)6-8(11)12/h2-3,8,16H,4-6H2,1H3. The summed E-state index contributed by atoms with van der Waals surface area (Å²) in [4.78, 5) is 23.7. The molecule has 0 bridgehead atoms. The molecule has 18 heavy (non-hydrogen) atoms. The summed E-state index contributed by atoms with van der Waals surface area (Å²) in [5.74, 6) is -0.750. The first-order chi connectivity index (χ1) is 8.45. The Morgan fingerprint density at radius 1 is 1.56 bits per heavy atom. The Morgan fingerprint density at radius 2 is 2.22 bits per heavy atom. The van der Waals surface area contributed by atoms with Gasteiger partial charge in [-0.25, -0.2) is 13.5 Å². The predicted octanol–water partition coefficient (Wildman–Crippen LogP) is -0.520. The number of hydrogen-bond donors (Lipinski definition) is 1. The van der Waals surface area contributed by atoms with Crippen molar-refractivity contribution in [1.29, 1.82) is 0 Å². The first-order valence-electron chi connectivity index (χ1n) is 5.18. The number of carbonyl (C=O) groups is 1. The number of rotatable bonds is 5. The van der Waals surface area contributed by atoms with Crippen LogP contribution in [0.5, 0.6) is 0 Å². The number of nitrogens with zero attached hydrogens (tertiary/aromatic N) is 3. The van der Waals surface area contributed by atoms with Crippen LogP contribution in [0.4, 0.5) is 8.78 Å². The number of aromatic nitrogens is 2. The zero-order valence-corrected chi connectivity index (χ0v) is 9.71. The average molecular weight is 261 g/mol. The maximum Gasteiger partial charge on any atom is 0.274 e. The van der Waals surface area contributed by atoms with E-state index in [4.69, 9.17) is 5.11 Å². The van der Waals surface area contributed by atoms with Crippen molar-refractivity contribution in [3.05, 3.63) is 28.2 Å². The molecule has 0 saturated heterocycles. The lowest BCUT2D eigenvalue weighted by molar-refractivity contribution is 0.0502. The zero-order chi connectivity index (χ0) is 13.7. The smallest absolute Gasteiger partial charge is 0.274 e. The van der Waals surface area contributed by atoms with Gasteiger partial charge in [-0.1, -0.05) is 0 Å². The fourth-order valence-electron chi connectivity index (χ4n) is 1.34. The van der Waals surface area contributed by atoms with Crippen LogP contribution in [0.1, 0.15) is 10.5 Å². The molecular weight excluding hydrogens is 248 g/mol. The summed E-state index contributed by atoms with van der Waals surface area (Å²) in [6.07, 6.45) is -2.70. The molecule has 1 heterocycles. The number of hydrogen-bond acceptors (Lipinski definition) is 4. The summed E-state index contributed by atoms with van der Waals surface area (Å²) in [6, 6.07) is 2.29. The number of alkyl halides is 2. The van der Waals surface area contributed by atoms with Gasteiger partial charge in [0.2, 0.25) is 0 Å². The van der Waals surface area contributed by atoms with Crippen molar-refractivity contribution in [2.75, 3.05) is 19.7 Å². The topological polar surface area (TPSA) is 75.4 Å². The monoisotopic (exact) mass is 261 g/mol. The van der Waals surface area contributed by atoms with Crippen LogP contribution in [0.15, 0.2) is 16.9 Å². The molecule has 1 N–H and O–H groups in total. The van der Waals surface area contributed by atoms with E-state index in [2.05, 4.69) is 5.10 Å². The fourth-order valence-corrected chi connectivity index (χ4v) is 1.34. The Balaban J connectivity index is 2.94. The molecule has 1 amide bonds. The van der Waals surface area contributed by atoms with Crippen LogP contribution in [-0.4, -0.2) is 51.8 Å². The highest BCUT2D eigenvalue weighted by Gasteiger charge is 2.20. The van der Waals surface area contributed by atoms with Crippen LogP contribution in [-0.2, 0) is 7.05 Å². The molecule has 0 saturated carbocycles. The Hall–Kier alpha value is -1.83. The van der Waals surface area contributed by atoms with Gasteiger partial charge in [-0.3, -0.25) is 9.59 Å². The van der Waals surface area contributed by atoms with E-state index >= 15 is 0 Å². The van der Waals surface area contributed by atoms with Crippen LogP contribution >= 0.6 is 0 Å². The van der Waals surface area contributed by atoms with Crippen LogP contribution in [0.25, 0.3) is 0 Å². The molecule has 1 rings (SSSR count). The van der Waals surface area contributed by atoms with Crippen molar-refractivity contribution in [2.24, 2.45) is 7.05 Å². The number of carbonyl (C=O) groups excluding carboxylic acids is 1. The van der Waals surface area contributed by atoms with E-state index in [1.807, 2.05) is 0 Å². The van der Waals surface area contributed by atoms with Gasteiger partial charge in [-0.15, -0.1) is 0 Å². The number of amides is 1. The van der Waals surface area contributed by atoms with Crippen LogP contribution in [0, 0.1) is 0 Å². The van der Waals surface area contributed by atoms with Gasteiger partial charge in [0.25, 0.3) is 17.9 Å². The fraction of sp³-hybridized carbons (Fsp3) is 0.500. The summed E-state index contributed by atoms with van der Waals surface area (Å²) < 4.78 is 25.5. The van der Waals surface area contributed by atoms with E-state index in [-0.39, 0.29) is 12.2 Å². The average Bonchev–Trinajstić information content (AvgIpc) is 2.31. The summed E-state index contributed by atoms with van der Waals surface area (Å²) >= 11 is 0. The Labute approximate surface area is 101 Å². The molecule has 0 aliphatic carbocycles. The minimum Gasteiger partial charge on any atom is -0.395 e. The van der Waals surface area contributed by atoms with Crippen molar-refractivity contribution >= 4 is 5.91 Å². The Kier molecular flexibility index (Phi) is 4.90. The summed E-state index contributed by atoms with van der Waals surface area (Å²) in [5, 5.41) is 12.4. The van der Waals surface area contributed by atoms with Gasteiger partial charge in [-0.05, 0) is 6.07 Å². The largest absolute Gasteiger partial charge is 0.395 e. The number of aryl methyl sites for hydroxylation is 1. The second kappa shape index (κ2) is 6.20. The lowest BCUT2D eigenvalue weighted by Gasteiger charge is -2.20. The summed E-state index contributed by atoms with van der Waals surface area (Å²) in [5.41, 5.74) is -0.527. The van der Waals surface area contributed by atoms with Crippen molar-refractivity contribution in [3.8, 4) is 0 Å². The molecule has 8 heteroatoms. The van der Waals surface area contributed by atoms with E-state index in [1.165, 1.54) is 13.1 Å². The third kappa shape index (κ3) is 3.59. The first kappa shape index (κ1) is 14.2. The Bertz CT molecular complexity index is 476. The van der Waals surface area contributed by atoms with Gasteiger partial charge >= 0.3 is 0 Å². The molecule has 0 fully saturated rings. The van der Waals surface area contributed by atoms with Crippen LogP contribution in [0.3, 0.4) is 0 Å². The second-order valence-electron chi connectivity index (χ2n) is 3.55. The van der Waals surface area contributed by atoms with Crippen molar-refractivity contribution < 1.29 is 18.7 Å². The van der Waals surface area contributed by atoms with Crippen LogP contribution < -0.4 is 5.56 Å². The summed E-state index contributed by atoms with van der Waals surface area (Å²) in [7, 11) is 1.35. The maximum absolute atomic E-state index is 12.3. The summed E-state index contributed by atoms with van der Waals surface area (Å²) in [6.45, 7) is -1.43. The quantitative estimate of drug-likeness (QED) is 0.774. The lowest BCUT2D eigenvalue weighted by Crippen LogP contribution is -2.38. The van der Waals surface area contributed by atoms with Crippen LogP contribution in [0.2, 0.25) is 0 Å². The maximum atomic E-state index is 12.3. The lowest BCUT2D eigenvalue weighted by atomic mass is 10.3. The zero-order valence-electron chi connectivity index (χ0n) is 9.71. The Morgan fingerprint density at radius 3 is 2.72 bits per heavy atom. The molecule has 1 aromatic rings. The molecule has 0 aliphatic rings. The van der Waals surface area contributed by atoms with E-state index in [1.54, 1.807) is 0 Å². The first-order valence-corrected chi connectivity index (χ1v) is 5.18. The molecule has 0 atom stereocenters. The molecule has 0 radical (unpaired) electrons. The molecule has 0 spiro atoms. The third-order valence-corrected chi connectivity index (χ3v) is 2.20. The normalized spacial score (nSPS) is 10.7. The highest BCUT2D eigenvalue weighted by Crippen LogP contribution is 2.03. The van der Waals surface area contributed by atoms with E-state index in [0.717, 1.165) is 15.6 Å². The van der Waals surface area contributed by atoms with Crippen molar-refractivity contribution in [1.82, 2.24) is 14.7 Å². The van der Waals surface area contributed by atoms with Gasteiger partial charge in [-0.2, -0.15) is 5.10 Å². The predicted molar refractivity (Wildman–Crippen MR) is 58.5 cm³/mol. The number of aliphatic hydroxyl groups excluding tert-OH is 1. The van der Waals surface area contributed by atoms with Gasteiger partial charge in [0, 0.05) is 19.7 Å². The molecule has 1 aromatic heterocycles. The van der Waals surface area contributed by atoms with Gasteiger partial charge in [0.05, 0.1) is 13.2 Å². The minimum absolute atomic E-state index is 0.119. The second-order valence-corrected chi connectivity index (χ2v) is 3.55. The van der Waals surface area contributed by atoms with Gasteiger partial charge in [0.1, 0.15) is 5.69 Å². The number of halogens is 2. The van der Waals surface area contributed by atoms with Crippen molar-refractivity contribution in [3.63, 3.8) is 0 Å². The molecule has 6 nitrogen and oxygen atoms in total. The molecule has 100 valence electrons. The van der Waals surface area contributed by atoms with E-state index in [0.29, 0.717) is 0 Å². The van der Waals surface area contributed by atoms with Gasteiger partial charge < -0.3 is 10.0 Å². The molecular formula is C10H13F2N3O3. The highest BCUT2D eigenvalue weighted by atomic mass is 19.3. The molecule has 0 aliphatic heterocycles. The number of aliphatic hydroxyl groups is 1. The van der Waals surface area contributed by atoms with Gasteiger partial charge in [0.15, 0.2) is 0 Å². The SMILES string of the molecule is Cn1nc(C(=O)N(CCO)CC(F)F)ccc1=O. The van der Waals surface area contributed by atoms with E-state index in [9.17, 15) is 18.4 Å². The highest BCUT2D eigenvalue weighted by molar-refractivity contribution is 5.92.